The molecular formula is C15H12N4O. The molecule has 3 rings (SSSR count). The number of carbonyl (C=O) groups is 1. The van der Waals surface area contributed by atoms with Crippen LogP contribution in [0.25, 0.3) is 10.9 Å². The Morgan fingerprint density at radius 3 is 2.90 bits per heavy atom. The molecule has 0 aliphatic carbocycles. The molecule has 0 unspecified atom stereocenters. The number of nitrogen functional groups attached to an aromatic ring is 1. The van der Waals surface area contributed by atoms with Gasteiger partial charge in [-0.2, -0.15) is 0 Å². The van der Waals surface area contributed by atoms with Gasteiger partial charge in [0.25, 0.3) is 5.91 Å². The number of hydrogen-bond donors (Lipinski definition) is 2. The van der Waals surface area contributed by atoms with Crippen molar-refractivity contribution in [2.75, 3.05) is 11.1 Å². The number of rotatable bonds is 2. The van der Waals surface area contributed by atoms with Crippen LogP contribution in [0.5, 0.6) is 0 Å². The lowest BCUT2D eigenvalue weighted by Crippen LogP contribution is -2.14. The maximum atomic E-state index is 12.1. The summed E-state index contributed by atoms with van der Waals surface area (Å²) in [6.07, 6.45) is 4.73. The molecule has 3 aromatic rings. The normalized spacial score (nSPS) is 10.4. The zero-order valence-corrected chi connectivity index (χ0v) is 10.6. The van der Waals surface area contributed by atoms with Crippen LogP contribution in [0.2, 0.25) is 0 Å². The zero-order valence-electron chi connectivity index (χ0n) is 10.6. The monoisotopic (exact) mass is 264 g/mol. The molecule has 0 aliphatic rings. The first kappa shape index (κ1) is 12.1. The van der Waals surface area contributed by atoms with Gasteiger partial charge < -0.3 is 11.1 Å². The van der Waals surface area contributed by atoms with Crippen molar-refractivity contribution in [3.63, 3.8) is 0 Å². The Morgan fingerprint density at radius 1 is 1.15 bits per heavy atom. The third-order valence-corrected chi connectivity index (χ3v) is 2.96. The van der Waals surface area contributed by atoms with Crippen molar-refractivity contribution in [2.45, 2.75) is 0 Å². The highest BCUT2D eigenvalue weighted by molar-refractivity contribution is 6.08. The van der Waals surface area contributed by atoms with Crippen molar-refractivity contribution >= 4 is 28.2 Å². The van der Waals surface area contributed by atoms with E-state index in [9.17, 15) is 4.79 Å². The van der Waals surface area contributed by atoms with Crippen molar-refractivity contribution in [3.8, 4) is 0 Å². The Hall–Kier alpha value is -2.95. The predicted molar refractivity (Wildman–Crippen MR) is 78.3 cm³/mol. The van der Waals surface area contributed by atoms with Crippen LogP contribution in [0.4, 0.5) is 11.4 Å². The number of pyridine rings is 2. The van der Waals surface area contributed by atoms with Crippen molar-refractivity contribution in [1.29, 1.82) is 0 Å². The van der Waals surface area contributed by atoms with Gasteiger partial charge in [-0.25, -0.2) is 0 Å². The summed E-state index contributed by atoms with van der Waals surface area (Å²) in [7, 11) is 0. The van der Waals surface area contributed by atoms with Crippen LogP contribution in [0.1, 0.15) is 10.4 Å². The van der Waals surface area contributed by atoms with Crippen LogP contribution >= 0.6 is 0 Å². The maximum Gasteiger partial charge on any atom is 0.259 e. The molecule has 0 aliphatic heterocycles. The van der Waals surface area contributed by atoms with E-state index in [4.69, 9.17) is 5.73 Å². The topological polar surface area (TPSA) is 80.9 Å². The second kappa shape index (κ2) is 4.97. The van der Waals surface area contributed by atoms with Crippen LogP contribution < -0.4 is 11.1 Å². The fraction of sp³-hybridized carbons (Fsp3) is 0. The van der Waals surface area contributed by atoms with Crippen molar-refractivity contribution < 1.29 is 4.79 Å². The van der Waals surface area contributed by atoms with E-state index in [1.54, 1.807) is 24.5 Å². The van der Waals surface area contributed by atoms with E-state index in [0.717, 1.165) is 10.9 Å². The molecule has 0 spiro atoms. The molecule has 1 amide bonds. The second-order valence-corrected chi connectivity index (χ2v) is 4.33. The fourth-order valence-corrected chi connectivity index (χ4v) is 1.95. The average Bonchev–Trinajstić information content (AvgIpc) is 2.47. The van der Waals surface area contributed by atoms with Crippen LogP contribution in [-0.2, 0) is 0 Å². The molecule has 1 aromatic carbocycles. The smallest absolute Gasteiger partial charge is 0.259 e. The van der Waals surface area contributed by atoms with Crippen LogP contribution in [0, 0.1) is 0 Å². The van der Waals surface area contributed by atoms with Crippen molar-refractivity contribution in [1.82, 2.24) is 9.97 Å². The Bertz CT molecular complexity index is 785. The Kier molecular flexibility index (Phi) is 3.01. The number of fused-ring (bicyclic) bond motifs is 1. The first-order valence-corrected chi connectivity index (χ1v) is 6.10. The molecule has 2 heterocycles. The summed E-state index contributed by atoms with van der Waals surface area (Å²) in [6.45, 7) is 0. The third-order valence-electron chi connectivity index (χ3n) is 2.96. The number of nitrogens with one attached hydrogen (secondary N) is 1. The van der Waals surface area contributed by atoms with Gasteiger partial charge in [0.05, 0.1) is 11.1 Å². The van der Waals surface area contributed by atoms with Gasteiger partial charge in [0.15, 0.2) is 0 Å². The summed E-state index contributed by atoms with van der Waals surface area (Å²) in [6, 6.07) is 10.9. The fourth-order valence-electron chi connectivity index (χ4n) is 1.95. The van der Waals surface area contributed by atoms with Gasteiger partial charge in [0.1, 0.15) is 0 Å². The molecule has 0 atom stereocenters. The van der Waals surface area contributed by atoms with Gasteiger partial charge >= 0.3 is 0 Å². The van der Waals surface area contributed by atoms with Crippen LogP contribution in [0.3, 0.4) is 0 Å². The van der Waals surface area contributed by atoms with Crippen LogP contribution in [-0.4, -0.2) is 15.9 Å². The number of nitrogens with two attached hydrogens (primary N) is 1. The van der Waals surface area contributed by atoms with E-state index in [-0.39, 0.29) is 5.91 Å². The average molecular weight is 264 g/mol. The molecule has 5 heteroatoms. The molecule has 3 N–H and O–H groups in total. The highest BCUT2D eigenvalue weighted by Gasteiger charge is 2.10. The lowest BCUT2D eigenvalue weighted by Gasteiger charge is -2.07. The highest BCUT2D eigenvalue weighted by atomic mass is 16.1. The molecule has 20 heavy (non-hydrogen) atoms. The number of benzene rings is 1. The van der Waals surface area contributed by atoms with Gasteiger partial charge in [-0.05, 0) is 30.3 Å². The van der Waals surface area contributed by atoms with E-state index in [1.807, 2.05) is 24.3 Å². The summed E-state index contributed by atoms with van der Waals surface area (Å²) in [5.41, 5.74) is 8.09. The van der Waals surface area contributed by atoms with E-state index >= 15 is 0 Å². The summed E-state index contributed by atoms with van der Waals surface area (Å²) >= 11 is 0. The molecule has 2 aromatic heterocycles. The molecule has 0 radical (unpaired) electrons. The Labute approximate surface area is 115 Å². The van der Waals surface area contributed by atoms with Gasteiger partial charge in [-0.1, -0.05) is 6.07 Å². The molecule has 0 saturated heterocycles. The number of carbonyl (C=O) groups excluding carboxylic acids is 1. The maximum absolute atomic E-state index is 12.1. The Morgan fingerprint density at radius 2 is 2.05 bits per heavy atom. The summed E-state index contributed by atoms with van der Waals surface area (Å²) < 4.78 is 0. The third kappa shape index (κ3) is 2.29. The van der Waals surface area contributed by atoms with Gasteiger partial charge in [-0.3, -0.25) is 14.8 Å². The van der Waals surface area contributed by atoms with E-state index in [1.165, 1.54) is 6.20 Å². The number of amides is 1. The Balaban J connectivity index is 1.89. The first-order chi connectivity index (χ1) is 9.74. The molecule has 5 nitrogen and oxygen atoms in total. The van der Waals surface area contributed by atoms with Crippen LogP contribution in [0.15, 0.2) is 55.0 Å². The predicted octanol–water partition coefficient (Wildman–Crippen LogP) is 2.46. The summed E-state index contributed by atoms with van der Waals surface area (Å²) in [5.74, 6) is -0.279. The minimum Gasteiger partial charge on any atom is -0.398 e. The van der Waals surface area contributed by atoms with Crippen molar-refractivity contribution in [2.24, 2.45) is 0 Å². The standard InChI is InChI=1S/C15H12N4O/c16-13-5-7-17-9-12(13)15(20)19-11-3-4-14-10(8-11)2-1-6-18-14/h1-9H,(H2,16,17)(H,19,20). The second-order valence-electron chi connectivity index (χ2n) is 4.33. The summed E-state index contributed by atoms with van der Waals surface area (Å²) in [5, 5.41) is 3.77. The van der Waals surface area contributed by atoms with E-state index < -0.39 is 0 Å². The minimum atomic E-state index is -0.279. The van der Waals surface area contributed by atoms with Crippen molar-refractivity contribution in [3.05, 3.63) is 60.6 Å². The SMILES string of the molecule is Nc1ccncc1C(=O)Nc1ccc2ncccc2c1. The molecule has 0 fully saturated rings. The van der Waals surface area contributed by atoms with E-state index in [2.05, 4.69) is 15.3 Å². The lowest BCUT2D eigenvalue weighted by atomic mass is 10.2. The minimum absolute atomic E-state index is 0.279. The number of hydrogen-bond acceptors (Lipinski definition) is 4. The van der Waals surface area contributed by atoms with Gasteiger partial charge in [-0.15, -0.1) is 0 Å². The highest BCUT2D eigenvalue weighted by Crippen LogP contribution is 2.18. The number of anilines is 2. The molecular weight excluding hydrogens is 252 g/mol. The molecule has 0 bridgehead atoms. The molecule has 98 valence electrons. The number of nitrogens with zero attached hydrogens (tertiary/aromatic N) is 2. The first-order valence-electron chi connectivity index (χ1n) is 6.10. The largest absolute Gasteiger partial charge is 0.398 e. The zero-order chi connectivity index (χ0) is 13.9. The molecule has 0 saturated carbocycles. The lowest BCUT2D eigenvalue weighted by molar-refractivity contribution is 0.102. The quantitative estimate of drug-likeness (QED) is 0.745. The van der Waals surface area contributed by atoms with Gasteiger partial charge in [0.2, 0.25) is 0 Å². The van der Waals surface area contributed by atoms with Gasteiger partial charge in [0, 0.05) is 35.4 Å². The number of aromatic nitrogens is 2. The van der Waals surface area contributed by atoms with E-state index in [0.29, 0.717) is 16.9 Å². The summed E-state index contributed by atoms with van der Waals surface area (Å²) in [4.78, 5) is 20.3.